The molecule has 1 fully saturated rings. The van der Waals surface area contributed by atoms with E-state index in [1.54, 1.807) is 12.1 Å². The molecule has 0 saturated heterocycles. The normalized spacial score (nSPS) is 20.6. The molecular weight excluding hydrogens is 276 g/mol. The van der Waals surface area contributed by atoms with Crippen molar-refractivity contribution >= 4 is 15.7 Å². The number of ether oxygens (including phenoxy) is 1. The van der Waals surface area contributed by atoms with Gasteiger partial charge in [0, 0.05) is 12.2 Å². The lowest BCUT2D eigenvalue weighted by molar-refractivity contribution is 0.331. The number of sulfonamides is 1. The fourth-order valence-corrected chi connectivity index (χ4v) is 3.48. The number of rotatable bonds is 6. The van der Waals surface area contributed by atoms with Gasteiger partial charge in [0.1, 0.15) is 10.6 Å². The van der Waals surface area contributed by atoms with Crippen LogP contribution >= 0.6 is 0 Å². The molecular formula is C14H22N2O3S. The third kappa shape index (κ3) is 3.24. The Morgan fingerprint density at radius 1 is 1.45 bits per heavy atom. The topological polar surface area (TPSA) is 81.4 Å². The maximum Gasteiger partial charge on any atom is 0.244 e. The Kier molecular flexibility index (Phi) is 3.97. The first-order chi connectivity index (χ1) is 9.26. The molecule has 2 rings (SSSR count). The number of nitrogens with two attached hydrogens (primary N) is 1. The van der Waals surface area contributed by atoms with Crippen LogP contribution < -0.4 is 15.2 Å². The Balaban J connectivity index is 2.18. The summed E-state index contributed by atoms with van der Waals surface area (Å²) < 4.78 is 32.8. The van der Waals surface area contributed by atoms with Crippen molar-refractivity contribution in [1.29, 1.82) is 0 Å². The van der Waals surface area contributed by atoms with Gasteiger partial charge in [0.15, 0.2) is 0 Å². The van der Waals surface area contributed by atoms with Crippen LogP contribution in [0.5, 0.6) is 5.75 Å². The molecule has 1 aromatic rings. The van der Waals surface area contributed by atoms with Gasteiger partial charge < -0.3 is 10.5 Å². The highest BCUT2D eigenvalue weighted by Gasteiger charge is 2.45. The Morgan fingerprint density at radius 2 is 2.10 bits per heavy atom. The maximum atomic E-state index is 12.4. The number of hydrogen-bond donors (Lipinski definition) is 2. The summed E-state index contributed by atoms with van der Waals surface area (Å²) in [7, 11) is -3.60. The summed E-state index contributed by atoms with van der Waals surface area (Å²) in [4.78, 5) is 0.109. The Labute approximate surface area is 120 Å². The van der Waals surface area contributed by atoms with Crippen molar-refractivity contribution in [3.05, 3.63) is 18.2 Å². The molecule has 1 atom stereocenters. The minimum Gasteiger partial charge on any atom is -0.492 e. The van der Waals surface area contributed by atoms with Crippen molar-refractivity contribution in [3.8, 4) is 5.75 Å². The van der Waals surface area contributed by atoms with Gasteiger partial charge in [-0.15, -0.1) is 0 Å². The second-order valence-electron chi connectivity index (χ2n) is 5.88. The molecule has 5 nitrogen and oxygen atoms in total. The summed E-state index contributed by atoms with van der Waals surface area (Å²) >= 11 is 0. The fraction of sp³-hybridized carbons (Fsp3) is 0.571. The summed E-state index contributed by atoms with van der Waals surface area (Å²) in [5.41, 5.74) is 6.32. The predicted octanol–water partition coefficient (Wildman–Crippen LogP) is 1.99. The van der Waals surface area contributed by atoms with E-state index in [1.807, 2.05) is 6.92 Å². The number of hydrogen-bond acceptors (Lipinski definition) is 4. The molecule has 0 amide bonds. The number of nitrogens with one attached hydrogen (secondary N) is 1. The maximum absolute atomic E-state index is 12.4. The van der Waals surface area contributed by atoms with Gasteiger partial charge in [-0.05, 0) is 42.9 Å². The lowest BCUT2D eigenvalue weighted by Gasteiger charge is -2.13. The van der Waals surface area contributed by atoms with Crippen LogP contribution in [0, 0.1) is 11.3 Å². The van der Waals surface area contributed by atoms with Crippen LogP contribution in [0.15, 0.2) is 23.1 Å². The van der Waals surface area contributed by atoms with Crippen LogP contribution in [0.25, 0.3) is 0 Å². The molecule has 0 radical (unpaired) electrons. The van der Waals surface area contributed by atoms with E-state index in [-0.39, 0.29) is 10.3 Å². The Bertz CT molecular complexity index is 596. The molecule has 3 N–H and O–H groups in total. The minimum absolute atomic E-state index is 0.109. The van der Waals surface area contributed by atoms with Crippen molar-refractivity contribution in [2.45, 2.75) is 32.1 Å². The predicted molar refractivity (Wildman–Crippen MR) is 79.1 cm³/mol. The second kappa shape index (κ2) is 5.26. The van der Waals surface area contributed by atoms with Gasteiger partial charge >= 0.3 is 0 Å². The van der Waals surface area contributed by atoms with Crippen molar-refractivity contribution in [2.24, 2.45) is 11.3 Å². The zero-order valence-corrected chi connectivity index (χ0v) is 13.0. The molecule has 0 spiro atoms. The highest BCUT2D eigenvalue weighted by Crippen LogP contribution is 2.51. The number of nitrogen functional groups attached to an aromatic ring is 1. The molecule has 1 aliphatic carbocycles. The molecule has 0 bridgehead atoms. The van der Waals surface area contributed by atoms with E-state index < -0.39 is 10.0 Å². The van der Waals surface area contributed by atoms with Gasteiger partial charge in [0.25, 0.3) is 0 Å². The van der Waals surface area contributed by atoms with Crippen LogP contribution in [0.4, 0.5) is 5.69 Å². The Hall–Kier alpha value is -1.27. The molecule has 0 aromatic heterocycles. The van der Waals surface area contributed by atoms with E-state index in [4.69, 9.17) is 10.5 Å². The van der Waals surface area contributed by atoms with Crippen LogP contribution in [-0.4, -0.2) is 21.6 Å². The van der Waals surface area contributed by atoms with Crippen LogP contribution in [0.1, 0.15) is 27.2 Å². The number of benzene rings is 1. The Morgan fingerprint density at radius 3 is 2.65 bits per heavy atom. The zero-order chi connectivity index (χ0) is 15.0. The van der Waals surface area contributed by atoms with Crippen LogP contribution in [-0.2, 0) is 10.0 Å². The fourth-order valence-electron chi connectivity index (χ4n) is 2.22. The molecule has 1 saturated carbocycles. The summed E-state index contributed by atoms with van der Waals surface area (Å²) in [6.07, 6.45) is 1.05. The van der Waals surface area contributed by atoms with Crippen molar-refractivity contribution in [3.63, 3.8) is 0 Å². The minimum atomic E-state index is -3.60. The van der Waals surface area contributed by atoms with Crippen molar-refractivity contribution < 1.29 is 13.2 Å². The van der Waals surface area contributed by atoms with Gasteiger partial charge in [0.05, 0.1) is 6.61 Å². The van der Waals surface area contributed by atoms with E-state index >= 15 is 0 Å². The van der Waals surface area contributed by atoms with E-state index in [1.165, 1.54) is 6.07 Å². The van der Waals surface area contributed by atoms with Gasteiger partial charge in [-0.1, -0.05) is 13.8 Å². The highest BCUT2D eigenvalue weighted by molar-refractivity contribution is 7.89. The zero-order valence-electron chi connectivity index (χ0n) is 12.1. The van der Waals surface area contributed by atoms with Gasteiger partial charge in [-0.2, -0.15) is 0 Å². The highest BCUT2D eigenvalue weighted by atomic mass is 32.2. The molecule has 6 heteroatoms. The first-order valence-electron chi connectivity index (χ1n) is 6.78. The molecule has 0 heterocycles. The summed E-state index contributed by atoms with van der Waals surface area (Å²) in [5.74, 6) is 0.734. The average molecular weight is 298 g/mol. The van der Waals surface area contributed by atoms with Crippen molar-refractivity contribution in [2.75, 3.05) is 18.9 Å². The lowest BCUT2D eigenvalue weighted by Crippen LogP contribution is -2.27. The molecule has 1 aromatic carbocycles. The van der Waals surface area contributed by atoms with Gasteiger partial charge in [0.2, 0.25) is 10.0 Å². The van der Waals surface area contributed by atoms with E-state index in [0.717, 1.165) is 6.42 Å². The van der Waals surface area contributed by atoms with Gasteiger partial charge in [-0.3, -0.25) is 0 Å². The van der Waals surface area contributed by atoms with Gasteiger partial charge in [-0.25, -0.2) is 13.1 Å². The first-order valence-corrected chi connectivity index (χ1v) is 8.26. The third-order valence-electron chi connectivity index (χ3n) is 3.79. The summed E-state index contributed by atoms with van der Waals surface area (Å²) in [5, 5.41) is 0. The van der Waals surface area contributed by atoms with Crippen molar-refractivity contribution in [1.82, 2.24) is 4.72 Å². The second-order valence-corrected chi connectivity index (χ2v) is 7.62. The standard InChI is InChI=1S/C14H22N2O3S/c1-4-19-12-6-5-11(15)7-13(12)20(17,18)16-9-10-8-14(10,2)3/h5-7,10,16H,4,8-9,15H2,1-3H3. The SMILES string of the molecule is CCOc1ccc(N)cc1S(=O)(=O)NCC1CC1(C)C. The molecule has 1 aliphatic rings. The van der Waals surface area contributed by atoms with E-state index in [9.17, 15) is 8.42 Å². The third-order valence-corrected chi connectivity index (χ3v) is 5.24. The summed E-state index contributed by atoms with van der Waals surface area (Å²) in [6.45, 7) is 6.95. The number of anilines is 1. The smallest absolute Gasteiger partial charge is 0.244 e. The molecule has 20 heavy (non-hydrogen) atoms. The lowest BCUT2D eigenvalue weighted by atomic mass is 10.1. The van der Waals surface area contributed by atoms with E-state index in [0.29, 0.717) is 30.5 Å². The van der Waals surface area contributed by atoms with E-state index in [2.05, 4.69) is 18.6 Å². The monoisotopic (exact) mass is 298 g/mol. The summed E-state index contributed by atoms with van der Waals surface area (Å²) in [6, 6.07) is 4.66. The quantitative estimate of drug-likeness (QED) is 0.787. The molecule has 0 aliphatic heterocycles. The average Bonchev–Trinajstić information content (AvgIpc) is 2.97. The van der Waals surface area contributed by atoms with Crippen LogP contribution in [0.2, 0.25) is 0 Å². The molecule has 1 unspecified atom stereocenters. The molecule has 112 valence electrons. The van der Waals surface area contributed by atoms with Crippen LogP contribution in [0.3, 0.4) is 0 Å². The first kappa shape index (κ1) is 15.1. The largest absolute Gasteiger partial charge is 0.492 e.